The van der Waals surface area contributed by atoms with Crippen molar-refractivity contribution in [3.63, 3.8) is 0 Å². The highest BCUT2D eigenvalue weighted by molar-refractivity contribution is 5.99. The van der Waals surface area contributed by atoms with Crippen molar-refractivity contribution in [3.8, 4) is 0 Å². The first-order valence-corrected chi connectivity index (χ1v) is 7.62. The van der Waals surface area contributed by atoms with E-state index in [2.05, 4.69) is 20.9 Å². The van der Waals surface area contributed by atoms with E-state index in [9.17, 15) is 4.79 Å². The normalized spacial score (nSPS) is 10.0. The van der Waals surface area contributed by atoms with Crippen LogP contribution in [-0.4, -0.2) is 11.0 Å². The number of aryl methyl sites for hydroxylation is 1. The first-order valence-electron chi connectivity index (χ1n) is 7.62. The molecule has 0 aliphatic heterocycles. The molecule has 0 aliphatic rings. The van der Waals surface area contributed by atoms with Gasteiger partial charge < -0.3 is 16.0 Å². The second kappa shape index (κ2) is 7.28. The van der Waals surface area contributed by atoms with Crippen LogP contribution in [0.1, 0.15) is 5.56 Å². The Morgan fingerprint density at radius 3 is 2.12 bits per heavy atom. The van der Waals surface area contributed by atoms with Gasteiger partial charge in [-0.15, -0.1) is 0 Å². The molecule has 3 aromatic rings. The summed E-state index contributed by atoms with van der Waals surface area (Å²) in [5.41, 5.74) is 3.53. The summed E-state index contributed by atoms with van der Waals surface area (Å²) in [6.07, 6.45) is 1.61. The summed E-state index contributed by atoms with van der Waals surface area (Å²) in [6.45, 7) is 2.04. The van der Waals surface area contributed by atoms with Crippen LogP contribution in [0.4, 0.5) is 27.7 Å². The van der Waals surface area contributed by atoms with Crippen LogP contribution in [0.15, 0.2) is 72.9 Å². The number of para-hydroxylation sites is 1. The molecule has 1 heterocycles. The Hall–Kier alpha value is -3.34. The van der Waals surface area contributed by atoms with Gasteiger partial charge in [-0.25, -0.2) is 9.78 Å². The molecular formula is C19H18N4O. The van der Waals surface area contributed by atoms with Crippen LogP contribution in [0, 0.1) is 6.92 Å². The lowest BCUT2D eigenvalue weighted by Crippen LogP contribution is -2.19. The van der Waals surface area contributed by atoms with Gasteiger partial charge in [0.25, 0.3) is 0 Å². The number of pyridine rings is 1. The first-order chi connectivity index (χ1) is 11.7. The van der Waals surface area contributed by atoms with Gasteiger partial charge in [-0.05, 0) is 43.3 Å². The molecule has 0 spiro atoms. The number of anilines is 4. The molecule has 5 heteroatoms. The Morgan fingerprint density at radius 2 is 1.46 bits per heavy atom. The van der Waals surface area contributed by atoms with Gasteiger partial charge in [0.15, 0.2) is 0 Å². The molecule has 0 saturated carbocycles. The van der Waals surface area contributed by atoms with Crippen LogP contribution in [0.5, 0.6) is 0 Å². The van der Waals surface area contributed by atoms with Crippen molar-refractivity contribution in [1.82, 2.24) is 4.98 Å². The average Bonchev–Trinajstić information content (AvgIpc) is 2.59. The smallest absolute Gasteiger partial charge is 0.323 e. The summed E-state index contributed by atoms with van der Waals surface area (Å²) >= 11 is 0. The maximum absolute atomic E-state index is 11.9. The standard InChI is InChI=1S/C19H18N4O/c1-14-7-9-16(10-8-14)21-18-12-11-17(13-20-18)23-19(24)22-15-5-3-2-4-6-15/h2-13H,1H3,(H,20,21)(H2,22,23,24). The van der Waals surface area contributed by atoms with Gasteiger partial charge in [0.05, 0.1) is 11.9 Å². The molecule has 0 fully saturated rings. The lowest BCUT2D eigenvalue weighted by Gasteiger charge is -2.09. The predicted octanol–water partition coefficient (Wildman–Crippen LogP) is 4.78. The van der Waals surface area contributed by atoms with E-state index in [1.54, 1.807) is 12.3 Å². The SMILES string of the molecule is Cc1ccc(Nc2ccc(NC(=O)Nc3ccccc3)cn2)cc1. The summed E-state index contributed by atoms with van der Waals surface area (Å²) in [6, 6.07) is 20.6. The van der Waals surface area contributed by atoms with Crippen LogP contribution in [0.2, 0.25) is 0 Å². The van der Waals surface area contributed by atoms with Crippen molar-refractivity contribution < 1.29 is 4.79 Å². The molecule has 120 valence electrons. The highest BCUT2D eigenvalue weighted by Gasteiger charge is 2.03. The van der Waals surface area contributed by atoms with E-state index in [1.165, 1.54) is 5.56 Å². The van der Waals surface area contributed by atoms with Gasteiger partial charge in [0.1, 0.15) is 5.82 Å². The number of carbonyl (C=O) groups is 1. The second-order valence-electron chi connectivity index (χ2n) is 5.37. The highest BCUT2D eigenvalue weighted by Crippen LogP contribution is 2.17. The molecule has 3 rings (SSSR count). The summed E-state index contributed by atoms with van der Waals surface area (Å²) < 4.78 is 0. The number of nitrogens with one attached hydrogen (secondary N) is 3. The van der Waals surface area contributed by atoms with E-state index in [-0.39, 0.29) is 6.03 Å². The fourth-order valence-corrected chi connectivity index (χ4v) is 2.14. The third kappa shape index (κ3) is 4.33. The minimum absolute atomic E-state index is 0.303. The van der Waals surface area contributed by atoms with Crippen LogP contribution in [0.3, 0.4) is 0 Å². The monoisotopic (exact) mass is 318 g/mol. The molecule has 5 nitrogen and oxygen atoms in total. The first kappa shape index (κ1) is 15.6. The summed E-state index contributed by atoms with van der Waals surface area (Å²) in [5.74, 6) is 0.716. The van der Waals surface area contributed by atoms with E-state index in [4.69, 9.17) is 0 Å². The molecule has 2 aromatic carbocycles. The number of urea groups is 1. The van der Waals surface area contributed by atoms with E-state index in [1.807, 2.05) is 67.6 Å². The Kier molecular flexibility index (Phi) is 4.72. The van der Waals surface area contributed by atoms with E-state index < -0.39 is 0 Å². The summed E-state index contributed by atoms with van der Waals surface area (Å²) in [4.78, 5) is 16.2. The fraction of sp³-hybridized carbons (Fsp3) is 0.0526. The molecule has 24 heavy (non-hydrogen) atoms. The van der Waals surface area contributed by atoms with Crippen LogP contribution < -0.4 is 16.0 Å². The van der Waals surface area contributed by atoms with E-state index in [0.717, 1.165) is 11.4 Å². The Bertz CT molecular complexity index is 799. The van der Waals surface area contributed by atoms with Crippen molar-refractivity contribution in [2.45, 2.75) is 6.92 Å². The highest BCUT2D eigenvalue weighted by atomic mass is 16.2. The minimum Gasteiger partial charge on any atom is -0.340 e. The largest absolute Gasteiger partial charge is 0.340 e. The quantitative estimate of drug-likeness (QED) is 0.648. The summed E-state index contributed by atoms with van der Waals surface area (Å²) in [5, 5.41) is 8.72. The van der Waals surface area contributed by atoms with E-state index in [0.29, 0.717) is 11.5 Å². The van der Waals surface area contributed by atoms with Gasteiger partial charge >= 0.3 is 6.03 Å². The number of hydrogen-bond donors (Lipinski definition) is 3. The zero-order chi connectivity index (χ0) is 16.8. The Balaban J connectivity index is 1.58. The third-order valence-corrected chi connectivity index (χ3v) is 3.38. The van der Waals surface area contributed by atoms with Crippen LogP contribution >= 0.6 is 0 Å². The lowest BCUT2D eigenvalue weighted by molar-refractivity contribution is 0.262. The van der Waals surface area contributed by atoms with Crippen LogP contribution in [0.25, 0.3) is 0 Å². The Labute approximate surface area is 140 Å². The molecular weight excluding hydrogens is 300 g/mol. The molecule has 3 N–H and O–H groups in total. The Morgan fingerprint density at radius 1 is 0.792 bits per heavy atom. The average molecular weight is 318 g/mol. The molecule has 0 aliphatic carbocycles. The molecule has 2 amide bonds. The zero-order valence-corrected chi connectivity index (χ0v) is 13.3. The van der Waals surface area contributed by atoms with E-state index >= 15 is 0 Å². The van der Waals surface area contributed by atoms with Crippen LogP contribution in [-0.2, 0) is 0 Å². The molecule has 0 unspecified atom stereocenters. The van der Waals surface area contributed by atoms with Crippen molar-refractivity contribution in [2.75, 3.05) is 16.0 Å². The number of carbonyl (C=O) groups excluding carboxylic acids is 1. The maximum Gasteiger partial charge on any atom is 0.323 e. The van der Waals surface area contributed by atoms with Crippen molar-refractivity contribution in [2.24, 2.45) is 0 Å². The number of hydrogen-bond acceptors (Lipinski definition) is 3. The van der Waals surface area contributed by atoms with Gasteiger partial charge in [0, 0.05) is 11.4 Å². The van der Waals surface area contributed by atoms with Crippen molar-refractivity contribution >= 4 is 28.9 Å². The van der Waals surface area contributed by atoms with Gasteiger partial charge in [-0.2, -0.15) is 0 Å². The molecule has 0 radical (unpaired) electrons. The summed E-state index contributed by atoms with van der Waals surface area (Å²) in [7, 11) is 0. The molecule has 1 aromatic heterocycles. The number of amides is 2. The maximum atomic E-state index is 11.9. The number of benzene rings is 2. The molecule has 0 atom stereocenters. The van der Waals surface area contributed by atoms with Gasteiger partial charge in [-0.1, -0.05) is 35.9 Å². The lowest BCUT2D eigenvalue weighted by atomic mass is 10.2. The van der Waals surface area contributed by atoms with Crippen molar-refractivity contribution in [3.05, 3.63) is 78.5 Å². The fourth-order valence-electron chi connectivity index (χ4n) is 2.14. The predicted molar refractivity (Wildman–Crippen MR) is 97.8 cm³/mol. The van der Waals surface area contributed by atoms with Gasteiger partial charge in [0.2, 0.25) is 0 Å². The molecule has 0 saturated heterocycles. The number of aromatic nitrogens is 1. The second-order valence-corrected chi connectivity index (χ2v) is 5.37. The number of rotatable bonds is 4. The molecule has 0 bridgehead atoms. The topological polar surface area (TPSA) is 66.0 Å². The minimum atomic E-state index is -0.303. The zero-order valence-electron chi connectivity index (χ0n) is 13.3. The third-order valence-electron chi connectivity index (χ3n) is 3.38. The van der Waals surface area contributed by atoms with Crippen molar-refractivity contribution in [1.29, 1.82) is 0 Å². The van der Waals surface area contributed by atoms with Gasteiger partial charge in [-0.3, -0.25) is 0 Å². The number of nitrogens with zero attached hydrogens (tertiary/aromatic N) is 1.